The van der Waals surface area contributed by atoms with E-state index in [1.54, 1.807) is 6.08 Å². The first-order valence-electron chi connectivity index (χ1n) is 38.5. The predicted octanol–water partition coefficient (Wildman–Crippen LogP) is 12.0. The molecule has 1 amide bonds. The molecule has 19 heteroatoms. The summed E-state index contributed by atoms with van der Waals surface area (Å²) in [6, 6.07) is -1.01. The Labute approximate surface area is 590 Å². The van der Waals surface area contributed by atoms with E-state index < -0.39 is 124 Å². The highest BCUT2D eigenvalue weighted by Gasteiger charge is 2.53. The molecule has 3 fully saturated rings. The highest BCUT2D eigenvalue weighted by Crippen LogP contribution is 2.33. The number of allylic oxidation sites excluding steroid dienone is 15. The Morgan fingerprint density at radius 2 is 0.704 bits per heavy atom. The first-order valence-corrected chi connectivity index (χ1v) is 38.5. The lowest BCUT2D eigenvalue weighted by Crippen LogP contribution is -2.66. The third kappa shape index (κ3) is 39.4. The SMILES string of the molecule is CC/C=C\C/C=C\C/C=C\C/C=C\C/C=C\C/C=C\C/C=C\CCCC(=O)NC(COC1OC(CO)C(OC2OC(CO)C(OC3OC(CO)C(O)C(O)C3O)C(O)C2O)C(O)C1O)C(O)/C=C/CCCCCCCCCCCCCCCCCCCCCCCCCCCCCC. The maximum Gasteiger partial charge on any atom is 0.220 e. The molecular weight excluding hydrogens is 1250 g/mol. The van der Waals surface area contributed by atoms with Gasteiger partial charge in [0.15, 0.2) is 18.9 Å². The molecule has 0 bridgehead atoms. The van der Waals surface area contributed by atoms with Gasteiger partial charge in [-0.1, -0.05) is 284 Å². The van der Waals surface area contributed by atoms with Crippen LogP contribution in [0.1, 0.15) is 264 Å². The van der Waals surface area contributed by atoms with Gasteiger partial charge in [0, 0.05) is 6.42 Å². The number of carbonyl (C=O) groups is 1. The summed E-state index contributed by atoms with van der Waals surface area (Å²) < 4.78 is 34.4. The fourth-order valence-corrected chi connectivity index (χ4v) is 12.5. The molecule has 19 nitrogen and oxygen atoms in total. The number of rotatable bonds is 59. The fraction of sp³-hybridized carbons (Fsp3) is 0.785. The number of hydrogen-bond donors (Lipinski definition) is 12. The van der Waals surface area contributed by atoms with Gasteiger partial charge in [0.25, 0.3) is 0 Å². The van der Waals surface area contributed by atoms with Crippen LogP contribution in [0.15, 0.2) is 97.2 Å². The molecule has 566 valence electrons. The molecule has 17 atom stereocenters. The van der Waals surface area contributed by atoms with Crippen LogP contribution in [0.4, 0.5) is 0 Å². The van der Waals surface area contributed by atoms with Crippen LogP contribution < -0.4 is 5.32 Å². The van der Waals surface area contributed by atoms with Crippen LogP contribution in [0.5, 0.6) is 0 Å². The summed E-state index contributed by atoms with van der Waals surface area (Å²) in [7, 11) is 0. The number of hydrogen-bond acceptors (Lipinski definition) is 18. The van der Waals surface area contributed by atoms with E-state index in [-0.39, 0.29) is 18.9 Å². The molecule has 3 saturated heterocycles. The van der Waals surface area contributed by atoms with E-state index in [0.717, 1.165) is 70.6 Å². The normalized spacial score (nSPS) is 27.3. The van der Waals surface area contributed by atoms with Gasteiger partial charge in [-0.25, -0.2) is 0 Å². The zero-order valence-corrected chi connectivity index (χ0v) is 60.2. The second kappa shape index (κ2) is 59.1. The molecule has 3 aliphatic heterocycles. The van der Waals surface area contributed by atoms with Gasteiger partial charge in [-0.05, 0) is 70.6 Å². The summed E-state index contributed by atoms with van der Waals surface area (Å²) in [5.74, 6) is -0.334. The van der Waals surface area contributed by atoms with Gasteiger partial charge in [0.05, 0.1) is 38.6 Å². The van der Waals surface area contributed by atoms with Gasteiger partial charge in [-0.2, -0.15) is 0 Å². The van der Waals surface area contributed by atoms with Crippen molar-refractivity contribution in [2.75, 3.05) is 26.4 Å². The second-order valence-electron chi connectivity index (χ2n) is 27.1. The predicted molar refractivity (Wildman–Crippen MR) is 387 cm³/mol. The minimum Gasteiger partial charge on any atom is -0.394 e. The van der Waals surface area contributed by atoms with Gasteiger partial charge in [0.2, 0.25) is 5.91 Å². The summed E-state index contributed by atoms with van der Waals surface area (Å²) in [6.45, 7) is 1.59. The van der Waals surface area contributed by atoms with Crippen molar-refractivity contribution in [2.45, 2.75) is 369 Å². The van der Waals surface area contributed by atoms with E-state index in [0.29, 0.717) is 12.8 Å². The highest BCUT2D eigenvalue weighted by atomic mass is 16.8. The minimum absolute atomic E-state index is 0.158. The van der Waals surface area contributed by atoms with Crippen molar-refractivity contribution in [3.63, 3.8) is 0 Å². The van der Waals surface area contributed by atoms with Crippen molar-refractivity contribution in [3.8, 4) is 0 Å². The minimum atomic E-state index is -1.99. The van der Waals surface area contributed by atoms with Gasteiger partial charge in [0.1, 0.15) is 73.2 Å². The summed E-state index contributed by atoms with van der Waals surface area (Å²) in [5, 5.41) is 121. The lowest BCUT2D eigenvalue weighted by Gasteiger charge is -2.48. The van der Waals surface area contributed by atoms with E-state index in [1.165, 1.54) is 161 Å². The number of carbonyl (C=O) groups excluding carboxylic acids is 1. The molecule has 3 heterocycles. The first kappa shape index (κ1) is 88.9. The van der Waals surface area contributed by atoms with E-state index in [9.17, 15) is 61.0 Å². The maximum atomic E-state index is 13.4. The zero-order valence-electron chi connectivity index (χ0n) is 60.2. The van der Waals surface area contributed by atoms with E-state index in [4.69, 9.17) is 28.4 Å². The molecule has 3 aliphatic rings. The Balaban J connectivity index is 1.42. The van der Waals surface area contributed by atoms with E-state index in [1.807, 2.05) is 12.2 Å². The molecular formula is C79H137NO18. The Bertz CT molecular complexity index is 2150. The van der Waals surface area contributed by atoms with Crippen LogP contribution in [-0.4, -0.2) is 193 Å². The van der Waals surface area contributed by atoms with Crippen LogP contribution in [0.2, 0.25) is 0 Å². The average Bonchev–Trinajstić information content (AvgIpc) is 0.785. The highest BCUT2D eigenvalue weighted by molar-refractivity contribution is 5.76. The summed E-state index contributed by atoms with van der Waals surface area (Å²) in [5.41, 5.74) is 0. The van der Waals surface area contributed by atoms with Crippen LogP contribution in [0.3, 0.4) is 0 Å². The Kier molecular flexibility index (Phi) is 53.7. The third-order valence-electron chi connectivity index (χ3n) is 18.6. The fourth-order valence-electron chi connectivity index (χ4n) is 12.5. The van der Waals surface area contributed by atoms with Crippen LogP contribution in [0.25, 0.3) is 0 Å². The van der Waals surface area contributed by atoms with Gasteiger partial charge in [-0.3, -0.25) is 4.79 Å². The van der Waals surface area contributed by atoms with Gasteiger partial charge in [-0.15, -0.1) is 0 Å². The Morgan fingerprint density at radius 1 is 0.378 bits per heavy atom. The summed E-state index contributed by atoms with van der Waals surface area (Å²) >= 11 is 0. The standard InChI is InChI=1S/C79H137NO18/c1-3-5-7-9-11-13-15-17-19-21-23-25-27-28-29-30-31-32-33-35-36-38-40-42-44-46-48-50-52-54-56-63(84)62(80-67(85)57-55-53-51-49-47-45-43-41-39-37-34-26-24-22-20-18-16-14-12-10-8-6-4-2)61-93-77-73(91)70(88)75(65(59-82)95-77)98-79-74(92)71(89)76(66(60-83)96-79)97-78-72(90)69(87)68(86)64(58-81)94-78/h6,8,12,14,18,20,24,26,37,39,43,45,49,51,54,56,62-66,68-79,81-84,86-92H,3-5,7,9-11,13,15-17,19,21-23,25,27-36,38,40-42,44,46-48,50,52-53,55,57-61H2,1-2H3,(H,80,85)/b8-6-,14-12-,20-18-,26-24-,39-37-,45-43-,51-49-,56-54+. The molecule has 17 unspecified atom stereocenters. The number of amides is 1. The topological polar surface area (TPSA) is 307 Å². The van der Waals surface area contributed by atoms with Crippen molar-refractivity contribution in [3.05, 3.63) is 97.2 Å². The first-order chi connectivity index (χ1) is 47.8. The molecule has 0 aromatic heterocycles. The average molecular weight is 1390 g/mol. The van der Waals surface area contributed by atoms with Gasteiger partial charge >= 0.3 is 0 Å². The lowest BCUT2D eigenvalue weighted by atomic mass is 9.96. The monoisotopic (exact) mass is 1390 g/mol. The van der Waals surface area contributed by atoms with Gasteiger partial charge < -0.3 is 89.9 Å². The Morgan fingerprint density at radius 3 is 1.09 bits per heavy atom. The van der Waals surface area contributed by atoms with Crippen molar-refractivity contribution in [2.24, 2.45) is 0 Å². The van der Waals surface area contributed by atoms with Crippen molar-refractivity contribution < 1.29 is 89.4 Å². The molecule has 0 radical (unpaired) electrons. The van der Waals surface area contributed by atoms with Crippen molar-refractivity contribution in [1.29, 1.82) is 0 Å². The number of nitrogens with one attached hydrogen (secondary N) is 1. The number of aliphatic hydroxyl groups is 11. The molecule has 0 aromatic rings. The van der Waals surface area contributed by atoms with Crippen molar-refractivity contribution >= 4 is 5.91 Å². The van der Waals surface area contributed by atoms with Crippen molar-refractivity contribution in [1.82, 2.24) is 5.32 Å². The van der Waals surface area contributed by atoms with E-state index >= 15 is 0 Å². The second-order valence-corrected chi connectivity index (χ2v) is 27.1. The smallest absolute Gasteiger partial charge is 0.220 e. The number of unbranched alkanes of at least 4 members (excludes halogenated alkanes) is 29. The number of aliphatic hydroxyl groups excluding tert-OH is 11. The molecule has 98 heavy (non-hydrogen) atoms. The Hall–Kier alpha value is -3.29. The van der Waals surface area contributed by atoms with Crippen LogP contribution in [-0.2, 0) is 33.2 Å². The van der Waals surface area contributed by atoms with E-state index in [2.05, 4.69) is 98.2 Å². The third-order valence-corrected chi connectivity index (χ3v) is 18.6. The molecule has 0 saturated carbocycles. The van der Waals surface area contributed by atoms with Crippen LogP contribution >= 0.6 is 0 Å². The molecule has 0 aromatic carbocycles. The largest absolute Gasteiger partial charge is 0.394 e. The molecule has 0 aliphatic carbocycles. The lowest BCUT2D eigenvalue weighted by molar-refractivity contribution is -0.379. The molecule has 3 rings (SSSR count). The molecule has 0 spiro atoms. The van der Waals surface area contributed by atoms with Crippen LogP contribution in [0, 0.1) is 0 Å². The summed E-state index contributed by atoms with van der Waals surface area (Å²) in [6.07, 6.45) is 52.6. The quantitative estimate of drug-likeness (QED) is 0.0199. The summed E-state index contributed by atoms with van der Waals surface area (Å²) in [4.78, 5) is 13.4. The maximum absolute atomic E-state index is 13.4. The number of ether oxygens (including phenoxy) is 6. The molecule has 12 N–H and O–H groups in total. The zero-order chi connectivity index (χ0) is 71.1.